The van der Waals surface area contributed by atoms with Crippen molar-refractivity contribution in [1.29, 1.82) is 0 Å². The number of hydrogen-bond donors (Lipinski definition) is 1. The second-order valence-corrected chi connectivity index (χ2v) is 7.56. The number of carbonyl (C=O) groups excluding carboxylic acids is 1. The van der Waals surface area contributed by atoms with E-state index in [1.807, 2.05) is 47.4 Å². The van der Waals surface area contributed by atoms with Crippen LogP contribution in [-0.2, 0) is 17.8 Å². The van der Waals surface area contributed by atoms with E-state index in [0.717, 1.165) is 28.3 Å². The summed E-state index contributed by atoms with van der Waals surface area (Å²) in [6.45, 7) is 3.49. The Balaban J connectivity index is 1.59. The number of benzene rings is 2. The molecule has 0 fully saturated rings. The second-order valence-electron chi connectivity index (χ2n) is 6.69. The van der Waals surface area contributed by atoms with Gasteiger partial charge in [0, 0.05) is 39.1 Å². The minimum atomic E-state index is 0.136. The summed E-state index contributed by atoms with van der Waals surface area (Å²) in [4.78, 5) is 18.1. The summed E-state index contributed by atoms with van der Waals surface area (Å²) in [5.74, 6) is 0.404. The molecule has 4 rings (SSSR count). The molecule has 1 N–H and O–H groups in total. The molecule has 2 aromatic carbocycles. The van der Waals surface area contributed by atoms with Gasteiger partial charge in [0.1, 0.15) is 0 Å². The van der Waals surface area contributed by atoms with Crippen molar-refractivity contribution >= 4 is 40.0 Å². The van der Waals surface area contributed by atoms with Crippen LogP contribution in [0.25, 0.3) is 10.9 Å². The van der Waals surface area contributed by atoms with E-state index in [0.29, 0.717) is 18.0 Å². The molecule has 25 heavy (non-hydrogen) atoms. The topological polar surface area (TPSA) is 36.1 Å². The fraction of sp³-hybridized carbons (Fsp3) is 0.250. The number of halogens is 2. The van der Waals surface area contributed by atoms with Crippen LogP contribution in [0.1, 0.15) is 29.7 Å². The summed E-state index contributed by atoms with van der Waals surface area (Å²) in [7, 11) is 0. The smallest absolute Gasteiger partial charge is 0.227 e. The molecule has 0 spiro atoms. The first-order valence-electron chi connectivity index (χ1n) is 8.33. The summed E-state index contributed by atoms with van der Waals surface area (Å²) in [5, 5.41) is 2.59. The summed E-state index contributed by atoms with van der Waals surface area (Å²) in [5.41, 5.74) is 4.46. The van der Waals surface area contributed by atoms with Gasteiger partial charge in [-0.15, -0.1) is 0 Å². The van der Waals surface area contributed by atoms with Crippen molar-refractivity contribution in [2.75, 3.05) is 6.54 Å². The zero-order valence-corrected chi connectivity index (χ0v) is 15.4. The van der Waals surface area contributed by atoms with Gasteiger partial charge in [-0.25, -0.2) is 0 Å². The SMILES string of the molecule is CC1CN(C(=O)Cc2ccc(Cl)cc2)Cc2[nH]c3ccc(Cl)cc3c21. The first kappa shape index (κ1) is 16.5. The van der Waals surface area contributed by atoms with Gasteiger partial charge in [0.25, 0.3) is 0 Å². The molecule has 1 unspecified atom stereocenters. The Morgan fingerprint density at radius 1 is 1.16 bits per heavy atom. The molecule has 1 aromatic heterocycles. The van der Waals surface area contributed by atoms with Crippen molar-refractivity contribution < 1.29 is 4.79 Å². The highest BCUT2D eigenvalue weighted by atomic mass is 35.5. The average Bonchev–Trinajstić information content (AvgIpc) is 2.95. The third-order valence-electron chi connectivity index (χ3n) is 4.84. The quantitative estimate of drug-likeness (QED) is 0.662. The maximum absolute atomic E-state index is 12.7. The van der Waals surface area contributed by atoms with Crippen LogP contribution in [0.15, 0.2) is 42.5 Å². The van der Waals surface area contributed by atoms with Crippen molar-refractivity contribution in [2.24, 2.45) is 0 Å². The third kappa shape index (κ3) is 3.14. The van der Waals surface area contributed by atoms with Crippen molar-refractivity contribution in [3.8, 4) is 0 Å². The standard InChI is InChI=1S/C20H18Cl2N2O/c1-12-10-24(19(25)8-13-2-4-14(21)5-3-13)11-18-20(12)16-9-15(22)6-7-17(16)23-18/h2-7,9,12,23H,8,10-11H2,1H3. The second kappa shape index (κ2) is 6.40. The Labute approximate surface area is 156 Å². The van der Waals surface area contributed by atoms with E-state index in [9.17, 15) is 4.79 Å². The van der Waals surface area contributed by atoms with E-state index in [4.69, 9.17) is 23.2 Å². The molecule has 1 atom stereocenters. The predicted molar refractivity (Wildman–Crippen MR) is 102 cm³/mol. The highest BCUT2D eigenvalue weighted by molar-refractivity contribution is 6.31. The summed E-state index contributed by atoms with van der Waals surface area (Å²) in [6.07, 6.45) is 0.394. The molecule has 1 amide bonds. The Hall–Kier alpha value is -1.97. The number of aromatic nitrogens is 1. The van der Waals surface area contributed by atoms with Crippen molar-refractivity contribution in [1.82, 2.24) is 9.88 Å². The first-order chi connectivity index (χ1) is 12.0. The number of nitrogens with zero attached hydrogens (tertiary/aromatic N) is 1. The lowest BCUT2D eigenvalue weighted by molar-refractivity contribution is -0.131. The molecule has 1 aliphatic heterocycles. The number of aromatic amines is 1. The summed E-state index contributed by atoms with van der Waals surface area (Å²) in [6, 6.07) is 13.4. The van der Waals surface area contributed by atoms with Crippen molar-refractivity contribution in [3.63, 3.8) is 0 Å². The van der Waals surface area contributed by atoms with Crippen molar-refractivity contribution in [3.05, 3.63) is 69.3 Å². The molecule has 0 saturated carbocycles. The Bertz CT molecular complexity index is 946. The van der Waals surface area contributed by atoms with E-state index in [1.165, 1.54) is 10.9 Å². The van der Waals surface area contributed by atoms with E-state index < -0.39 is 0 Å². The van der Waals surface area contributed by atoms with Gasteiger partial charge in [-0.1, -0.05) is 42.3 Å². The van der Waals surface area contributed by atoms with Crippen LogP contribution >= 0.6 is 23.2 Å². The van der Waals surface area contributed by atoms with Gasteiger partial charge in [-0.3, -0.25) is 4.79 Å². The molecule has 5 heteroatoms. The van der Waals surface area contributed by atoms with Gasteiger partial charge in [0.05, 0.1) is 13.0 Å². The third-order valence-corrected chi connectivity index (χ3v) is 5.33. The van der Waals surface area contributed by atoms with E-state index in [1.54, 1.807) is 0 Å². The maximum atomic E-state index is 12.7. The molecular formula is C20H18Cl2N2O. The molecule has 1 aliphatic rings. The highest BCUT2D eigenvalue weighted by Crippen LogP contribution is 2.35. The lowest BCUT2D eigenvalue weighted by Crippen LogP contribution is -2.38. The molecule has 0 aliphatic carbocycles. The van der Waals surface area contributed by atoms with Crippen LogP contribution in [0, 0.1) is 0 Å². The number of fused-ring (bicyclic) bond motifs is 3. The van der Waals surface area contributed by atoms with Crippen LogP contribution < -0.4 is 0 Å². The average molecular weight is 373 g/mol. The predicted octanol–water partition coefficient (Wildman–Crippen LogP) is 5.16. The van der Waals surface area contributed by atoms with E-state index in [-0.39, 0.29) is 11.8 Å². The normalized spacial score (nSPS) is 16.9. The minimum absolute atomic E-state index is 0.136. The van der Waals surface area contributed by atoms with Gasteiger partial charge < -0.3 is 9.88 Å². The number of amides is 1. The summed E-state index contributed by atoms with van der Waals surface area (Å²) >= 11 is 12.1. The monoisotopic (exact) mass is 372 g/mol. The zero-order valence-electron chi connectivity index (χ0n) is 13.9. The fourth-order valence-electron chi connectivity index (χ4n) is 3.68. The van der Waals surface area contributed by atoms with Crippen LogP contribution in [0.3, 0.4) is 0 Å². The number of nitrogens with one attached hydrogen (secondary N) is 1. The molecule has 128 valence electrons. The first-order valence-corrected chi connectivity index (χ1v) is 9.09. The molecule has 0 bridgehead atoms. The van der Waals surface area contributed by atoms with Crippen molar-refractivity contribution in [2.45, 2.75) is 25.8 Å². The summed E-state index contributed by atoms with van der Waals surface area (Å²) < 4.78 is 0. The van der Waals surface area contributed by atoms with Crippen LogP contribution in [-0.4, -0.2) is 22.3 Å². The minimum Gasteiger partial charge on any atom is -0.357 e. The van der Waals surface area contributed by atoms with E-state index in [2.05, 4.69) is 11.9 Å². The largest absolute Gasteiger partial charge is 0.357 e. The van der Waals surface area contributed by atoms with Crippen LogP contribution in [0.5, 0.6) is 0 Å². The Kier molecular flexibility index (Phi) is 4.22. The molecule has 3 nitrogen and oxygen atoms in total. The van der Waals surface area contributed by atoms with Gasteiger partial charge in [0.15, 0.2) is 0 Å². The van der Waals surface area contributed by atoms with Crippen LogP contribution in [0.2, 0.25) is 10.0 Å². The maximum Gasteiger partial charge on any atom is 0.227 e. The number of rotatable bonds is 2. The van der Waals surface area contributed by atoms with Gasteiger partial charge in [-0.05, 0) is 41.5 Å². The lowest BCUT2D eigenvalue weighted by atomic mass is 9.93. The lowest BCUT2D eigenvalue weighted by Gasteiger charge is -2.31. The molecule has 0 saturated heterocycles. The molecule has 3 aromatic rings. The number of H-pyrrole nitrogens is 1. The molecule has 2 heterocycles. The van der Waals surface area contributed by atoms with Crippen LogP contribution in [0.4, 0.5) is 0 Å². The number of hydrogen-bond acceptors (Lipinski definition) is 1. The Morgan fingerprint density at radius 3 is 2.64 bits per heavy atom. The molecule has 0 radical (unpaired) electrons. The van der Waals surface area contributed by atoms with Gasteiger partial charge in [-0.2, -0.15) is 0 Å². The highest BCUT2D eigenvalue weighted by Gasteiger charge is 2.28. The number of carbonyl (C=O) groups is 1. The fourth-order valence-corrected chi connectivity index (χ4v) is 3.98. The Morgan fingerprint density at radius 2 is 1.88 bits per heavy atom. The van der Waals surface area contributed by atoms with Gasteiger partial charge in [0.2, 0.25) is 5.91 Å². The zero-order chi connectivity index (χ0) is 17.6. The van der Waals surface area contributed by atoms with E-state index >= 15 is 0 Å². The molecular weight excluding hydrogens is 355 g/mol. The van der Waals surface area contributed by atoms with Gasteiger partial charge >= 0.3 is 0 Å².